The minimum absolute atomic E-state index is 0.170. The third-order valence-electron chi connectivity index (χ3n) is 4.92. The molecule has 1 aromatic carbocycles. The summed E-state index contributed by atoms with van der Waals surface area (Å²) in [7, 11) is 3.16. The standard InChI is InChI=1S/C23H22N4O5S/c1-4-32-18-10-13(5-7-16(18)28)9-15-21(24)27-23(25-22(15)29)33-20(26-27)12-14-6-8-17(30-2)19(11-14)31-3/h5-11H,4,12,24H2,1-3H3/b13-9+. The maximum atomic E-state index is 12.7. The molecule has 1 aliphatic carbocycles. The molecular formula is C23H22N4O5S. The normalized spacial score (nSPS) is 14.6. The number of carbonyl (C=O) groups is 1. The lowest BCUT2D eigenvalue weighted by molar-refractivity contribution is -0.114. The summed E-state index contributed by atoms with van der Waals surface area (Å²) in [6.07, 6.45) is 6.64. The van der Waals surface area contributed by atoms with E-state index in [0.717, 1.165) is 10.6 Å². The number of anilines is 1. The molecule has 2 heterocycles. The van der Waals surface area contributed by atoms with Crippen molar-refractivity contribution in [2.75, 3.05) is 26.6 Å². The Bertz CT molecular complexity index is 1380. The number of benzene rings is 1. The number of methoxy groups -OCH3 is 2. The summed E-state index contributed by atoms with van der Waals surface area (Å²) in [6, 6.07) is 5.62. The van der Waals surface area contributed by atoms with E-state index >= 15 is 0 Å². The number of nitrogen functional groups attached to an aromatic ring is 1. The first-order chi connectivity index (χ1) is 15.9. The van der Waals surface area contributed by atoms with Gasteiger partial charge in [0.1, 0.15) is 10.8 Å². The number of hydrogen-bond acceptors (Lipinski definition) is 9. The molecule has 0 aliphatic heterocycles. The molecule has 0 atom stereocenters. The summed E-state index contributed by atoms with van der Waals surface area (Å²) in [5.41, 5.74) is 7.57. The third kappa shape index (κ3) is 4.51. The number of nitrogens with zero attached hydrogens (tertiary/aromatic N) is 3. The van der Waals surface area contributed by atoms with Gasteiger partial charge in [-0.25, -0.2) is 0 Å². The highest BCUT2D eigenvalue weighted by molar-refractivity contribution is 7.16. The van der Waals surface area contributed by atoms with Gasteiger partial charge in [-0.1, -0.05) is 23.5 Å². The summed E-state index contributed by atoms with van der Waals surface area (Å²) in [6.45, 7) is 2.15. The van der Waals surface area contributed by atoms with Crippen molar-refractivity contribution in [1.82, 2.24) is 14.6 Å². The molecule has 0 saturated heterocycles. The largest absolute Gasteiger partial charge is 0.493 e. The number of carbonyl (C=O) groups excluding carboxylic acids is 1. The average Bonchev–Trinajstić information content (AvgIpc) is 3.21. The quantitative estimate of drug-likeness (QED) is 0.565. The summed E-state index contributed by atoms with van der Waals surface area (Å²) < 4.78 is 17.4. The topological polar surface area (TPSA) is 118 Å². The van der Waals surface area contributed by atoms with Gasteiger partial charge >= 0.3 is 0 Å². The smallest absolute Gasteiger partial charge is 0.283 e. The monoisotopic (exact) mass is 466 g/mol. The van der Waals surface area contributed by atoms with Gasteiger partial charge in [-0.3, -0.25) is 9.59 Å². The fraction of sp³-hybridized carbons (Fsp3) is 0.217. The highest BCUT2D eigenvalue weighted by atomic mass is 32.1. The Kier molecular flexibility index (Phi) is 6.27. The predicted molar refractivity (Wildman–Crippen MR) is 126 cm³/mol. The van der Waals surface area contributed by atoms with Gasteiger partial charge in [-0.15, -0.1) is 0 Å². The number of aromatic nitrogens is 3. The Morgan fingerprint density at radius 3 is 2.67 bits per heavy atom. The van der Waals surface area contributed by atoms with Crippen LogP contribution in [0.3, 0.4) is 0 Å². The molecule has 2 aromatic heterocycles. The number of hydrogen-bond donors (Lipinski definition) is 1. The molecule has 4 rings (SSSR count). The minimum atomic E-state index is -0.474. The first-order valence-corrected chi connectivity index (χ1v) is 10.9. The summed E-state index contributed by atoms with van der Waals surface area (Å²) in [4.78, 5) is 29.1. The molecule has 33 heavy (non-hydrogen) atoms. The Labute approximate surface area is 193 Å². The van der Waals surface area contributed by atoms with Crippen molar-refractivity contribution in [3.05, 3.63) is 74.2 Å². The van der Waals surface area contributed by atoms with Crippen LogP contribution in [0.5, 0.6) is 11.5 Å². The number of nitrogens with two attached hydrogens (primary N) is 1. The van der Waals surface area contributed by atoms with Crippen LogP contribution in [0, 0.1) is 0 Å². The maximum Gasteiger partial charge on any atom is 0.283 e. The van der Waals surface area contributed by atoms with Gasteiger partial charge in [-0.2, -0.15) is 14.6 Å². The van der Waals surface area contributed by atoms with Crippen LogP contribution in [-0.4, -0.2) is 41.2 Å². The zero-order valence-corrected chi connectivity index (χ0v) is 19.1. The van der Waals surface area contributed by atoms with Crippen molar-refractivity contribution in [2.45, 2.75) is 13.3 Å². The van der Waals surface area contributed by atoms with Gasteiger partial charge < -0.3 is 19.9 Å². The van der Waals surface area contributed by atoms with Crippen molar-refractivity contribution in [2.24, 2.45) is 0 Å². The first kappa shape index (κ1) is 22.3. The molecule has 0 saturated carbocycles. The van der Waals surface area contributed by atoms with Crippen LogP contribution in [0.2, 0.25) is 0 Å². The molecule has 0 fully saturated rings. The minimum Gasteiger partial charge on any atom is -0.493 e. The van der Waals surface area contributed by atoms with Crippen molar-refractivity contribution in [1.29, 1.82) is 0 Å². The van der Waals surface area contributed by atoms with E-state index < -0.39 is 5.56 Å². The molecule has 1 aliphatic rings. The van der Waals surface area contributed by atoms with E-state index in [2.05, 4.69) is 10.1 Å². The maximum absolute atomic E-state index is 12.7. The number of rotatable bonds is 7. The van der Waals surface area contributed by atoms with Gasteiger partial charge in [0.05, 0.1) is 26.4 Å². The Morgan fingerprint density at radius 1 is 1.15 bits per heavy atom. The molecule has 0 radical (unpaired) electrons. The average molecular weight is 467 g/mol. The van der Waals surface area contributed by atoms with Crippen LogP contribution in [0.1, 0.15) is 23.1 Å². The van der Waals surface area contributed by atoms with Crippen LogP contribution < -0.4 is 20.8 Å². The van der Waals surface area contributed by atoms with Crippen LogP contribution in [-0.2, 0) is 16.0 Å². The number of ether oxygens (including phenoxy) is 3. The Morgan fingerprint density at radius 2 is 1.94 bits per heavy atom. The van der Waals surface area contributed by atoms with Crippen molar-refractivity contribution in [3.63, 3.8) is 0 Å². The number of allylic oxidation sites excluding steroid dienone is 4. The molecule has 9 nitrogen and oxygen atoms in total. The van der Waals surface area contributed by atoms with E-state index in [-0.39, 0.29) is 22.9 Å². The van der Waals surface area contributed by atoms with E-state index in [1.165, 1.54) is 21.9 Å². The van der Waals surface area contributed by atoms with E-state index in [4.69, 9.17) is 19.9 Å². The van der Waals surface area contributed by atoms with Crippen molar-refractivity contribution >= 4 is 34.0 Å². The SMILES string of the molecule is CCOC1=C/C(=C/c2c(N)n3nc(Cc4ccc(OC)c(OC)c4)sc3nc2=O)C=CC1=O. The zero-order valence-electron chi connectivity index (χ0n) is 18.3. The second-order valence-electron chi connectivity index (χ2n) is 7.06. The molecule has 3 aromatic rings. The highest BCUT2D eigenvalue weighted by Gasteiger charge is 2.17. The second-order valence-corrected chi connectivity index (χ2v) is 8.10. The lowest BCUT2D eigenvalue weighted by Crippen LogP contribution is -2.17. The van der Waals surface area contributed by atoms with E-state index in [1.54, 1.807) is 39.4 Å². The first-order valence-electron chi connectivity index (χ1n) is 10.1. The van der Waals surface area contributed by atoms with Crippen LogP contribution in [0.25, 0.3) is 11.0 Å². The summed E-state index contributed by atoms with van der Waals surface area (Å²) in [5.74, 6) is 1.41. The van der Waals surface area contributed by atoms with E-state index in [9.17, 15) is 9.59 Å². The van der Waals surface area contributed by atoms with Gasteiger partial charge in [0.2, 0.25) is 10.7 Å². The predicted octanol–water partition coefficient (Wildman–Crippen LogP) is 2.78. The van der Waals surface area contributed by atoms with Gasteiger partial charge in [-0.05, 0) is 48.4 Å². The lowest BCUT2D eigenvalue weighted by atomic mass is 10.0. The molecule has 0 unspecified atom stereocenters. The number of ketones is 1. The van der Waals surface area contributed by atoms with Crippen LogP contribution >= 0.6 is 11.3 Å². The molecular weight excluding hydrogens is 444 g/mol. The van der Waals surface area contributed by atoms with Gasteiger partial charge in [0.15, 0.2) is 17.3 Å². The zero-order chi connectivity index (χ0) is 23.5. The molecule has 0 spiro atoms. The Balaban J connectivity index is 1.69. The van der Waals surface area contributed by atoms with Crippen LogP contribution in [0.4, 0.5) is 5.82 Å². The number of fused-ring (bicyclic) bond motifs is 1. The molecule has 0 amide bonds. The fourth-order valence-corrected chi connectivity index (χ4v) is 4.27. The third-order valence-corrected chi connectivity index (χ3v) is 5.82. The van der Waals surface area contributed by atoms with Gasteiger partial charge in [0, 0.05) is 6.42 Å². The summed E-state index contributed by atoms with van der Waals surface area (Å²) >= 11 is 1.28. The second kappa shape index (κ2) is 9.29. The molecule has 0 bridgehead atoms. The summed E-state index contributed by atoms with van der Waals surface area (Å²) in [5, 5.41) is 5.28. The van der Waals surface area contributed by atoms with E-state index in [1.807, 2.05) is 18.2 Å². The lowest BCUT2D eigenvalue weighted by Gasteiger charge is -2.10. The molecule has 170 valence electrons. The molecule has 2 N–H and O–H groups in total. The molecule has 10 heteroatoms. The van der Waals surface area contributed by atoms with Crippen LogP contribution in [0.15, 0.2) is 52.6 Å². The Hall–Kier alpha value is -3.92. The highest BCUT2D eigenvalue weighted by Crippen LogP contribution is 2.29. The fourth-order valence-electron chi connectivity index (χ4n) is 3.34. The van der Waals surface area contributed by atoms with Gasteiger partial charge in [0.25, 0.3) is 5.56 Å². The van der Waals surface area contributed by atoms with Crippen molar-refractivity contribution < 1.29 is 19.0 Å². The van der Waals surface area contributed by atoms with Crippen molar-refractivity contribution in [3.8, 4) is 11.5 Å². The van der Waals surface area contributed by atoms with E-state index in [0.29, 0.717) is 35.1 Å².